The van der Waals surface area contributed by atoms with Gasteiger partial charge in [0.2, 0.25) is 0 Å². The highest BCUT2D eigenvalue weighted by atomic mass is 15.1. The lowest BCUT2D eigenvalue weighted by atomic mass is 9.94. The Bertz CT molecular complexity index is 2930. The Kier molecular flexibility index (Phi) is 7.52. The molecule has 11 rings (SSSR count). The fourth-order valence-corrected chi connectivity index (χ4v) is 8.64. The van der Waals surface area contributed by atoms with Crippen LogP contribution in [-0.4, -0.2) is 15.0 Å². The van der Waals surface area contributed by atoms with Gasteiger partial charge in [0, 0.05) is 44.0 Å². The van der Waals surface area contributed by atoms with Gasteiger partial charge in [0.1, 0.15) is 5.84 Å². The number of benzene rings is 8. The number of nitrogens with zero attached hydrogens (tertiary/aromatic N) is 3. The monoisotopic (exact) mass is 716 g/mol. The fraction of sp³-hybridized carbons (Fsp3) is 0.0192. The van der Waals surface area contributed by atoms with Crippen LogP contribution in [0.1, 0.15) is 22.7 Å². The van der Waals surface area contributed by atoms with Gasteiger partial charge in [-0.05, 0) is 65.2 Å². The lowest BCUT2D eigenvalue weighted by Crippen LogP contribution is -2.31. The van der Waals surface area contributed by atoms with Crippen molar-refractivity contribution < 1.29 is 0 Å². The minimum absolute atomic E-state index is 0.101. The van der Waals surface area contributed by atoms with E-state index in [1.54, 1.807) is 0 Å². The molecule has 2 aromatic heterocycles. The molecule has 8 aromatic carbocycles. The van der Waals surface area contributed by atoms with Gasteiger partial charge in [0.25, 0.3) is 0 Å². The van der Waals surface area contributed by atoms with Gasteiger partial charge >= 0.3 is 0 Å². The summed E-state index contributed by atoms with van der Waals surface area (Å²) >= 11 is 0. The average Bonchev–Trinajstić information content (AvgIpc) is 3.80. The maximum absolute atomic E-state index is 5.53. The van der Waals surface area contributed by atoms with Crippen LogP contribution in [0.25, 0.3) is 71.8 Å². The van der Waals surface area contributed by atoms with Crippen LogP contribution in [0.15, 0.2) is 211 Å². The van der Waals surface area contributed by atoms with Crippen molar-refractivity contribution in [2.75, 3.05) is 0 Å². The van der Waals surface area contributed by atoms with Crippen LogP contribution < -0.4 is 5.32 Å². The molecule has 4 heteroatoms. The number of para-hydroxylation sites is 4. The molecule has 0 radical (unpaired) electrons. The summed E-state index contributed by atoms with van der Waals surface area (Å²) < 4.78 is 4.82. The Hall–Kier alpha value is -7.43. The van der Waals surface area contributed by atoms with Crippen LogP contribution in [0.3, 0.4) is 0 Å². The summed E-state index contributed by atoms with van der Waals surface area (Å²) in [6.45, 7) is 0. The lowest BCUT2D eigenvalue weighted by Gasteiger charge is -2.26. The smallest absolute Gasteiger partial charge is 0.134 e. The maximum Gasteiger partial charge on any atom is 0.134 e. The molecule has 10 aromatic rings. The molecule has 264 valence electrons. The van der Waals surface area contributed by atoms with Crippen LogP contribution in [0.4, 0.5) is 0 Å². The Morgan fingerprint density at radius 3 is 1.34 bits per heavy atom. The second kappa shape index (κ2) is 13.2. The van der Waals surface area contributed by atoms with Gasteiger partial charge in [0.05, 0.1) is 33.8 Å². The van der Waals surface area contributed by atoms with Crippen molar-refractivity contribution >= 4 is 55.1 Å². The number of hydrogen-bond acceptors (Lipinski definition) is 2. The molecule has 0 saturated heterocycles. The zero-order chi connectivity index (χ0) is 37.0. The molecule has 0 saturated carbocycles. The molecular weight excluding hydrogens is 681 g/mol. The normalized spacial score (nSPS) is 14.2. The largest absolute Gasteiger partial charge is 0.359 e. The molecule has 56 heavy (non-hydrogen) atoms. The van der Waals surface area contributed by atoms with Crippen LogP contribution in [-0.2, 0) is 0 Å². The van der Waals surface area contributed by atoms with Gasteiger partial charge in [0.15, 0.2) is 0 Å². The minimum atomic E-state index is -0.101. The Balaban J connectivity index is 1.19. The van der Waals surface area contributed by atoms with Crippen molar-refractivity contribution in [1.82, 2.24) is 14.5 Å². The molecule has 1 atom stereocenters. The van der Waals surface area contributed by atoms with Crippen molar-refractivity contribution in [3.63, 3.8) is 0 Å². The van der Waals surface area contributed by atoms with E-state index < -0.39 is 0 Å². The number of amidine groups is 1. The third kappa shape index (κ3) is 5.26. The predicted octanol–water partition coefficient (Wildman–Crippen LogP) is 12.7. The Morgan fingerprint density at radius 2 is 0.821 bits per heavy atom. The highest BCUT2D eigenvalue weighted by molar-refractivity contribution is 6.11. The van der Waals surface area contributed by atoms with Gasteiger partial charge in [-0.15, -0.1) is 0 Å². The van der Waals surface area contributed by atoms with E-state index in [4.69, 9.17) is 4.99 Å². The van der Waals surface area contributed by atoms with E-state index in [2.05, 4.69) is 221 Å². The average molecular weight is 717 g/mol. The van der Waals surface area contributed by atoms with Crippen molar-refractivity contribution in [2.24, 2.45) is 4.99 Å². The van der Waals surface area contributed by atoms with E-state index in [9.17, 15) is 0 Å². The number of aromatic nitrogens is 2. The van der Waals surface area contributed by atoms with Crippen LogP contribution in [0.2, 0.25) is 0 Å². The molecule has 4 nitrogen and oxygen atoms in total. The summed E-state index contributed by atoms with van der Waals surface area (Å²) in [7, 11) is 0. The number of hydrogen-bond donors (Lipinski definition) is 1. The summed E-state index contributed by atoms with van der Waals surface area (Å²) in [6.07, 6.45) is 2.27. The van der Waals surface area contributed by atoms with Gasteiger partial charge in [-0.1, -0.05) is 158 Å². The van der Waals surface area contributed by atoms with Crippen molar-refractivity contribution in [3.8, 4) is 22.5 Å². The first-order valence-corrected chi connectivity index (χ1v) is 19.2. The minimum Gasteiger partial charge on any atom is -0.359 e. The number of fused-ring (bicyclic) bond motifs is 6. The number of nitrogens with one attached hydrogen (secondary N) is 1. The Labute approximate surface area is 324 Å². The standard InChI is InChI=1S/C52H36N4/c1-3-17-35(18-4-1)40-21-7-8-22-41(40)47-34-46(36-19-5-2-6-20-36)53-52(54-47)37-31-38(55-48-27-13-9-23-42(48)43-24-10-14-28-49(43)55)33-39(32-37)56-50-29-15-11-25-44(50)45-26-12-16-30-51(45)56/h1-34,46H,(H,53,54). The van der Waals surface area contributed by atoms with E-state index in [-0.39, 0.29) is 6.04 Å². The Morgan fingerprint density at radius 1 is 0.393 bits per heavy atom. The van der Waals surface area contributed by atoms with E-state index >= 15 is 0 Å². The lowest BCUT2D eigenvalue weighted by molar-refractivity contribution is 0.780. The molecule has 1 N–H and O–H groups in total. The van der Waals surface area contributed by atoms with Crippen molar-refractivity contribution in [3.05, 3.63) is 223 Å². The molecule has 1 unspecified atom stereocenters. The zero-order valence-electron chi connectivity index (χ0n) is 30.5. The fourth-order valence-electron chi connectivity index (χ4n) is 8.64. The summed E-state index contributed by atoms with van der Waals surface area (Å²) in [5, 5.41) is 8.81. The summed E-state index contributed by atoms with van der Waals surface area (Å²) in [6, 6.07) is 71.6. The molecule has 0 spiro atoms. The second-order valence-electron chi connectivity index (χ2n) is 14.4. The molecule has 0 bridgehead atoms. The summed E-state index contributed by atoms with van der Waals surface area (Å²) in [5.41, 5.74) is 13.3. The molecule has 3 heterocycles. The number of rotatable bonds is 6. The molecule has 0 fully saturated rings. The van der Waals surface area contributed by atoms with Crippen molar-refractivity contribution in [2.45, 2.75) is 6.04 Å². The molecule has 1 aliphatic heterocycles. The molecule has 0 amide bonds. The summed E-state index contributed by atoms with van der Waals surface area (Å²) in [5.74, 6) is 0.823. The third-order valence-corrected chi connectivity index (χ3v) is 11.1. The highest BCUT2D eigenvalue weighted by Crippen LogP contribution is 2.38. The zero-order valence-corrected chi connectivity index (χ0v) is 30.5. The molecule has 1 aliphatic rings. The topological polar surface area (TPSA) is 34.2 Å². The van der Waals surface area contributed by atoms with Gasteiger partial charge < -0.3 is 14.5 Å². The van der Waals surface area contributed by atoms with E-state index in [1.165, 1.54) is 27.1 Å². The third-order valence-electron chi connectivity index (χ3n) is 11.1. The first kappa shape index (κ1) is 32.0. The van der Waals surface area contributed by atoms with E-state index in [1.807, 2.05) is 0 Å². The van der Waals surface area contributed by atoms with Crippen LogP contribution in [0.5, 0.6) is 0 Å². The van der Waals surface area contributed by atoms with Gasteiger partial charge in [-0.25, -0.2) is 4.99 Å². The van der Waals surface area contributed by atoms with Gasteiger partial charge in [-0.3, -0.25) is 0 Å². The first-order chi connectivity index (χ1) is 27.8. The SMILES string of the molecule is C1=C(c2ccccc2-c2ccccc2)N=C(c2cc(-n3c4ccccc4c4ccccc43)cc(-n3c4ccccc4c4ccccc43)c2)NC1c1ccccc1. The first-order valence-electron chi connectivity index (χ1n) is 19.2. The quantitative estimate of drug-likeness (QED) is 0.183. The second-order valence-corrected chi connectivity index (χ2v) is 14.4. The van der Waals surface area contributed by atoms with E-state index in [0.29, 0.717) is 0 Å². The summed E-state index contributed by atoms with van der Waals surface area (Å²) in [4.78, 5) is 5.53. The maximum atomic E-state index is 5.53. The van der Waals surface area contributed by atoms with Gasteiger partial charge in [-0.2, -0.15) is 0 Å². The predicted molar refractivity (Wildman–Crippen MR) is 234 cm³/mol. The van der Waals surface area contributed by atoms with E-state index in [0.717, 1.165) is 67.2 Å². The molecular formula is C52H36N4. The highest BCUT2D eigenvalue weighted by Gasteiger charge is 2.24. The van der Waals surface area contributed by atoms with Crippen LogP contribution in [0, 0.1) is 0 Å². The number of aliphatic imine (C=N–C) groups is 1. The van der Waals surface area contributed by atoms with Crippen molar-refractivity contribution in [1.29, 1.82) is 0 Å². The molecule has 0 aliphatic carbocycles. The van der Waals surface area contributed by atoms with Crippen LogP contribution >= 0.6 is 0 Å².